The van der Waals surface area contributed by atoms with Crippen molar-refractivity contribution in [1.82, 2.24) is 0 Å². The molecule has 0 aliphatic carbocycles. The first-order valence-corrected chi connectivity index (χ1v) is 5.72. The molecular formula is C13H16FNO2. The summed E-state index contributed by atoms with van der Waals surface area (Å²) in [7, 11) is 1.55. The molecule has 1 aromatic rings. The molecule has 1 saturated heterocycles. The molecule has 1 aromatic carbocycles. The molecule has 92 valence electrons. The van der Waals surface area contributed by atoms with Crippen LogP contribution >= 0.6 is 0 Å². The van der Waals surface area contributed by atoms with Gasteiger partial charge < -0.3 is 14.4 Å². The van der Waals surface area contributed by atoms with Crippen molar-refractivity contribution < 1.29 is 13.9 Å². The van der Waals surface area contributed by atoms with Crippen molar-refractivity contribution in [3.8, 4) is 0 Å². The second kappa shape index (κ2) is 4.84. The Morgan fingerprint density at radius 3 is 2.53 bits per heavy atom. The van der Waals surface area contributed by atoms with Crippen LogP contribution in [-0.2, 0) is 9.53 Å². The van der Waals surface area contributed by atoms with E-state index in [2.05, 4.69) is 0 Å². The number of benzene rings is 1. The third-order valence-electron chi connectivity index (χ3n) is 3.42. The fourth-order valence-electron chi connectivity index (χ4n) is 2.20. The molecule has 0 bridgehead atoms. The summed E-state index contributed by atoms with van der Waals surface area (Å²) in [5.74, 6) is -0.219. The van der Waals surface area contributed by atoms with Crippen LogP contribution in [-0.4, -0.2) is 32.1 Å². The minimum atomic E-state index is -0.679. The van der Waals surface area contributed by atoms with E-state index in [1.54, 1.807) is 19.2 Å². The summed E-state index contributed by atoms with van der Waals surface area (Å²) < 4.78 is 18.8. The highest BCUT2D eigenvalue weighted by atomic mass is 19.1. The highest BCUT2D eigenvalue weighted by Crippen LogP contribution is 2.28. The molecule has 1 heterocycles. The molecule has 1 aliphatic rings. The van der Waals surface area contributed by atoms with Crippen LogP contribution in [0.5, 0.6) is 0 Å². The molecule has 3 nitrogen and oxygen atoms in total. The predicted octanol–water partition coefficient (Wildman–Crippen LogP) is 2.01. The maximum atomic E-state index is 13.6. The van der Waals surface area contributed by atoms with Gasteiger partial charge in [0.1, 0.15) is 11.4 Å². The first-order chi connectivity index (χ1) is 8.21. The molecule has 0 N–H and O–H groups in total. The molecule has 1 fully saturated rings. The SMILES string of the molecule is COC1(C=O)CCN(c2ccccc2F)CC1. The molecule has 2 rings (SSSR count). The number of anilines is 1. The Hall–Kier alpha value is -1.42. The van der Waals surface area contributed by atoms with E-state index in [-0.39, 0.29) is 5.82 Å². The molecule has 0 spiro atoms. The van der Waals surface area contributed by atoms with E-state index < -0.39 is 5.60 Å². The summed E-state index contributed by atoms with van der Waals surface area (Å²) in [5.41, 5.74) is -0.0787. The number of rotatable bonds is 3. The van der Waals surface area contributed by atoms with Gasteiger partial charge in [0.2, 0.25) is 0 Å². The average molecular weight is 237 g/mol. The Kier molecular flexibility index (Phi) is 3.43. The van der Waals surface area contributed by atoms with E-state index in [1.165, 1.54) is 6.07 Å². The van der Waals surface area contributed by atoms with Crippen molar-refractivity contribution in [2.24, 2.45) is 0 Å². The van der Waals surface area contributed by atoms with Crippen LogP contribution in [0, 0.1) is 5.82 Å². The van der Waals surface area contributed by atoms with Crippen molar-refractivity contribution in [1.29, 1.82) is 0 Å². The van der Waals surface area contributed by atoms with Crippen LogP contribution in [0.4, 0.5) is 10.1 Å². The summed E-state index contributed by atoms with van der Waals surface area (Å²) in [6, 6.07) is 6.70. The second-order valence-corrected chi connectivity index (χ2v) is 4.33. The maximum Gasteiger partial charge on any atom is 0.151 e. The molecule has 0 radical (unpaired) electrons. The molecule has 0 atom stereocenters. The smallest absolute Gasteiger partial charge is 0.151 e. The Morgan fingerprint density at radius 2 is 2.00 bits per heavy atom. The number of hydrogen-bond acceptors (Lipinski definition) is 3. The molecule has 0 amide bonds. The van der Waals surface area contributed by atoms with E-state index in [1.807, 2.05) is 11.0 Å². The van der Waals surface area contributed by atoms with Crippen molar-refractivity contribution >= 4 is 12.0 Å². The van der Waals surface area contributed by atoms with Crippen molar-refractivity contribution in [2.75, 3.05) is 25.1 Å². The fourth-order valence-corrected chi connectivity index (χ4v) is 2.20. The lowest BCUT2D eigenvalue weighted by Gasteiger charge is -2.38. The number of para-hydroxylation sites is 1. The number of piperidine rings is 1. The first-order valence-electron chi connectivity index (χ1n) is 5.72. The van der Waals surface area contributed by atoms with Gasteiger partial charge in [-0.05, 0) is 12.1 Å². The summed E-state index contributed by atoms with van der Waals surface area (Å²) in [4.78, 5) is 13.0. The number of carbonyl (C=O) groups is 1. The molecule has 1 aliphatic heterocycles. The number of methoxy groups -OCH3 is 1. The third-order valence-corrected chi connectivity index (χ3v) is 3.42. The van der Waals surface area contributed by atoms with Gasteiger partial charge in [0.15, 0.2) is 6.29 Å². The van der Waals surface area contributed by atoms with Crippen LogP contribution in [0.3, 0.4) is 0 Å². The van der Waals surface area contributed by atoms with Gasteiger partial charge in [0.05, 0.1) is 5.69 Å². The van der Waals surface area contributed by atoms with Crippen molar-refractivity contribution in [3.05, 3.63) is 30.1 Å². The van der Waals surface area contributed by atoms with Crippen LogP contribution < -0.4 is 4.90 Å². The van der Waals surface area contributed by atoms with E-state index in [9.17, 15) is 9.18 Å². The number of ether oxygens (including phenoxy) is 1. The van der Waals surface area contributed by atoms with Gasteiger partial charge in [0, 0.05) is 33.0 Å². The number of hydrogen-bond donors (Lipinski definition) is 0. The van der Waals surface area contributed by atoms with Gasteiger partial charge in [-0.1, -0.05) is 12.1 Å². The first kappa shape index (κ1) is 12.0. The minimum absolute atomic E-state index is 0.219. The molecule has 0 saturated carbocycles. The molecular weight excluding hydrogens is 221 g/mol. The molecule has 0 unspecified atom stereocenters. The number of carbonyl (C=O) groups excluding carboxylic acids is 1. The standard InChI is InChI=1S/C13H16FNO2/c1-17-13(10-16)6-8-15(9-7-13)12-5-3-2-4-11(12)14/h2-5,10H,6-9H2,1H3. The quantitative estimate of drug-likeness (QED) is 0.753. The topological polar surface area (TPSA) is 29.5 Å². The monoisotopic (exact) mass is 237 g/mol. The maximum absolute atomic E-state index is 13.6. The lowest BCUT2D eigenvalue weighted by Crippen LogP contribution is -2.47. The molecule has 0 aromatic heterocycles. The molecule has 4 heteroatoms. The lowest BCUT2D eigenvalue weighted by molar-refractivity contribution is -0.129. The van der Waals surface area contributed by atoms with Gasteiger partial charge >= 0.3 is 0 Å². The highest BCUT2D eigenvalue weighted by Gasteiger charge is 2.34. The Morgan fingerprint density at radius 1 is 1.35 bits per heavy atom. The van der Waals surface area contributed by atoms with Crippen molar-refractivity contribution in [2.45, 2.75) is 18.4 Å². The summed E-state index contributed by atoms with van der Waals surface area (Å²) in [6.45, 7) is 1.26. The van der Waals surface area contributed by atoms with E-state index >= 15 is 0 Å². The van der Waals surface area contributed by atoms with Gasteiger partial charge in [-0.25, -0.2) is 4.39 Å². The Labute approximate surface area is 100 Å². The highest BCUT2D eigenvalue weighted by molar-refractivity contribution is 5.64. The minimum Gasteiger partial charge on any atom is -0.371 e. The normalized spacial score (nSPS) is 19.1. The van der Waals surface area contributed by atoms with Crippen LogP contribution in [0.15, 0.2) is 24.3 Å². The lowest BCUT2D eigenvalue weighted by atomic mass is 9.92. The van der Waals surface area contributed by atoms with Gasteiger partial charge in [-0.2, -0.15) is 0 Å². The predicted molar refractivity (Wildman–Crippen MR) is 63.7 cm³/mol. The van der Waals surface area contributed by atoms with Crippen molar-refractivity contribution in [3.63, 3.8) is 0 Å². The van der Waals surface area contributed by atoms with E-state index in [0.717, 1.165) is 6.29 Å². The second-order valence-electron chi connectivity index (χ2n) is 4.33. The summed E-state index contributed by atoms with van der Waals surface area (Å²) >= 11 is 0. The van der Waals surface area contributed by atoms with E-state index in [0.29, 0.717) is 31.6 Å². The summed E-state index contributed by atoms with van der Waals surface area (Å²) in [5, 5.41) is 0. The zero-order valence-electron chi connectivity index (χ0n) is 9.86. The van der Waals surface area contributed by atoms with Gasteiger partial charge in [-0.15, -0.1) is 0 Å². The number of aldehydes is 1. The largest absolute Gasteiger partial charge is 0.371 e. The zero-order chi connectivity index (χ0) is 12.3. The average Bonchev–Trinajstić information content (AvgIpc) is 2.40. The van der Waals surface area contributed by atoms with Gasteiger partial charge in [0.25, 0.3) is 0 Å². The third kappa shape index (κ3) is 2.31. The van der Waals surface area contributed by atoms with E-state index in [4.69, 9.17) is 4.74 Å². The summed E-state index contributed by atoms with van der Waals surface area (Å²) in [6.07, 6.45) is 2.06. The zero-order valence-corrected chi connectivity index (χ0v) is 9.86. The van der Waals surface area contributed by atoms with Gasteiger partial charge in [-0.3, -0.25) is 0 Å². The van der Waals surface area contributed by atoms with Crippen LogP contribution in [0.2, 0.25) is 0 Å². The number of nitrogens with zero attached hydrogens (tertiary/aromatic N) is 1. The Balaban J connectivity index is 2.09. The fraction of sp³-hybridized carbons (Fsp3) is 0.462. The number of halogens is 1. The van der Waals surface area contributed by atoms with Crippen LogP contribution in [0.1, 0.15) is 12.8 Å². The van der Waals surface area contributed by atoms with Crippen LogP contribution in [0.25, 0.3) is 0 Å². The molecule has 17 heavy (non-hydrogen) atoms. The Bertz CT molecular complexity index is 400.